The number of hydrogen-bond acceptors (Lipinski definition) is 2. The molecule has 0 bridgehead atoms. The number of pyridine rings is 1. The number of halogens is 1. The van der Waals surface area contributed by atoms with E-state index in [1.54, 1.807) is 0 Å². The zero-order chi connectivity index (χ0) is 14.9. The van der Waals surface area contributed by atoms with Crippen molar-refractivity contribution in [2.75, 3.05) is 0 Å². The number of aromatic nitrogens is 2. The Kier molecular flexibility index (Phi) is 3.31. The van der Waals surface area contributed by atoms with Gasteiger partial charge in [-0.2, -0.15) is 0 Å². The number of rotatable bonds is 3. The minimum Gasteiger partial charge on any atom is -0.487 e. The molecule has 0 radical (unpaired) electrons. The molecule has 0 spiro atoms. The fraction of sp³-hybridized carbons (Fsp3) is 0.0556. The van der Waals surface area contributed by atoms with Crippen LogP contribution in [0.4, 0.5) is 0 Å². The van der Waals surface area contributed by atoms with Gasteiger partial charge in [0.25, 0.3) is 0 Å². The first-order valence-electron chi connectivity index (χ1n) is 7.04. The number of fused-ring (bicyclic) bond motifs is 3. The van der Waals surface area contributed by atoms with E-state index in [1.165, 1.54) is 0 Å². The number of nitrogens with zero attached hydrogens (tertiary/aromatic N) is 2. The van der Waals surface area contributed by atoms with E-state index in [9.17, 15) is 0 Å². The van der Waals surface area contributed by atoms with E-state index in [1.807, 2.05) is 54.7 Å². The van der Waals surface area contributed by atoms with Crippen LogP contribution in [0.1, 0.15) is 5.56 Å². The molecule has 2 aromatic carbocycles. The Morgan fingerprint density at radius 2 is 1.82 bits per heavy atom. The van der Waals surface area contributed by atoms with Gasteiger partial charge in [-0.25, -0.2) is 4.98 Å². The lowest BCUT2D eigenvalue weighted by molar-refractivity contribution is 0.309. The standard InChI is InChI=1S/C18H13BrN2O/c19-14-9-10-17-20-15-7-4-8-16(18(15)21(17)11-14)22-12-13-5-2-1-3-6-13/h1-11H,12H2. The Morgan fingerprint density at radius 3 is 2.68 bits per heavy atom. The van der Waals surface area contributed by atoms with E-state index < -0.39 is 0 Å². The summed E-state index contributed by atoms with van der Waals surface area (Å²) in [6.45, 7) is 0.543. The van der Waals surface area contributed by atoms with Gasteiger partial charge in [-0.1, -0.05) is 36.4 Å². The molecule has 0 fully saturated rings. The van der Waals surface area contributed by atoms with Crippen LogP contribution in [0.25, 0.3) is 16.7 Å². The highest BCUT2D eigenvalue weighted by molar-refractivity contribution is 9.10. The Labute approximate surface area is 136 Å². The van der Waals surface area contributed by atoms with Crippen LogP contribution in [-0.4, -0.2) is 9.38 Å². The average Bonchev–Trinajstić information content (AvgIpc) is 2.92. The second-order valence-corrected chi connectivity index (χ2v) is 6.00. The average molecular weight is 353 g/mol. The first-order chi connectivity index (χ1) is 10.8. The second-order valence-electron chi connectivity index (χ2n) is 5.09. The topological polar surface area (TPSA) is 26.5 Å². The molecule has 0 N–H and O–H groups in total. The van der Waals surface area contributed by atoms with Crippen molar-refractivity contribution in [3.05, 3.63) is 76.9 Å². The summed E-state index contributed by atoms with van der Waals surface area (Å²) in [6.07, 6.45) is 2.01. The third kappa shape index (κ3) is 2.35. The molecule has 0 atom stereocenters. The summed E-state index contributed by atoms with van der Waals surface area (Å²) < 4.78 is 9.10. The Bertz CT molecular complexity index is 947. The fourth-order valence-corrected chi connectivity index (χ4v) is 2.89. The van der Waals surface area contributed by atoms with Crippen LogP contribution in [0, 0.1) is 0 Å². The molecule has 0 aliphatic carbocycles. The van der Waals surface area contributed by atoms with Crippen molar-refractivity contribution >= 4 is 32.6 Å². The van der Waals surface area contributed by atoms with Crippen molar-refractivity contribution in [2.45, 2.75) is 6.61 Å². The first-order valence-corrected chi connectivity index (χ1v) is 7.84. The van der Waals surface area contributed by atoms with Gasteiger partial charge in [0.1, 0.15) is 23.5 Å². The van der Waals surface area contributed by atoms with Gasteiger partial charge < -0.3 is 4.74 Å². The summed E-state index contributed by atoms with van der Waals surface area (Å²) in [5.74, 6) is 0.840. The molecule has 0 saturated carbocycles. The van der Waals surface area contributed by atoms with Crippen molar-refractivity contribution in [1.29, 1.82) is 0 Å². The summed E-state index contributed by atoms with van der Waals surface area (Å²) in [7, 11) is 0. The lowest BCUT2D eigenvalue weighted by Crippen LogP contribution is -1.96. The van der Waals surface area contributed by atoms with Gasteiger partial charge in [0.05, 0.1) is 5.52 Å². The largest absolute Gasteiger partial charge is 0.487 e. The maximum atomic E-state index is 6.04. The molecule has 2 aromatic heterocycles. The molecule has 4 rings (SSSR count). The monoisotopic (exact) mass is 352 g/mol. The van der Waals surface area contributed by atoms with Gasteiger partial charge in [0.15, 0.2) is 0 Å². The highest BCUT2D eigenvalue weighted by Crippen LogP contribution is 2.28. The van der Waals surface area contributed by atoms with Gasteiger partial charge in [-0.15, -0.1) is 0 Å². The van der Waals surface area contributed by atoms with Gasteiger partial charge in [-0.05, 0) is 45.8 Å². The molecule has 0 saturated heterocycles. The van der Waals surface area contributed by atoms with E-state index in [-0.39, 0.29) is 0 Å². The number of imidazole rings is 1. The molecule has 4 heteroatoms. The first kappa shape index (κ1) is 13.3. The quantitative estimate of drug-likeness (QED) is 0.527. The third-order valence-electron chi connectivity index (χ3n) is 3.58. The van der Waals surface area contributed by atoms with E-state index in [0.29, 0.717) is 6.61 Å². The third-order valence-corrected chi connectivity index (χ3v) is 4.05. The van der Waals surface area contributed by atoms with Gasteiger partial charge in [0, 0.05) is 10.7 Å². The molecular formula is C18H13BrN2O. The predicted octanol–water partition coefficient (Wildman–Crippen LogP) is 4.83. The van der Waals surface area contributed by atoms with Crippen LogP contribution in [0.2, 0.25) is 0 Å². The summed E-state index contributed by atoms with van der Waals surface area (Å²) in [6, 6.07) is 20.1. The van der Waals surface area contributed by atoms with Crippen molar-refractivity contribution in [3.8, 4) is 5.75 Å². The summed E-state index contributed by atoms with van der Waals surface area (Å²) in [4.78, 5) is 4.63. The van der Waals surface area contributed by atoms with E-state index in [2.05, 4.69) is 37.4 Å². The lowest BCUT2D eigenvalue weighted by Gasteiger charge is -2.08. The van der Waals surface area contributed by atoms with Crippen LogP contribution in [0.5, 0.6) is 5.75 Å². The summed E-state index contributed by atoms with van der Waals surface area (Å²) >= 11 is 3.51. The van der Waals surface area contributed by atoms with Crippen LogP contribution in [0.3, 0.4) is 0 Å². The highest BCUT2D eigenvalue weighted by atomic mass is 79.9. The molecule has 2 heterocycles. The predicted molar refractivity (Wildman–Crippen MR) is 91.2 cm³/mol. The normalized spacial score (nSPS) is 11.1. The smallest absolute Gasteiger partial charge is 0.146 e. The molecule has 22 heavy (non-hydrogen) atoms. The highest BCUT2D eigenvalue weighted by Gasteiger charge is 2.10. The SMILES string of the molecule is Brc1ccc2nc3cccc(OCc4ccccc4)c3n2c1. The minimum atomic E-state index is 0.543. The maximum absolute atomic E-state index is 6.04. The van der Waals surface area contributed by atoms with Crippen molar-refractivity contribution in [1.82, 2.24) is 9.38 Å². The minimum absolute atomic E-state index is 0.543. The van der Waals surface area contributed by atoms with Crippen LogP contribution in [0.15, 0.2) is 71.3 Å². The number of para-hydroxylation sites is 1. The van der Waals surface area contributed by atoms with Crippen molar-refractivity contribution in [2.24, 2.45) is 0 Å². The van der Waals surface area contributed by atoms with Crippen molar-refractivity contribution in [3.63, 3.8) is 0 Å². The maximum Gasteiger partial charge on any atom is 0.146 e. The van der Waals surface area contributed by atoms with E-state index >= 15 is 0 Å². The Hall–Kier alpha value is -2.33. The fourth-order valence-electron chi connectivity index (χ4n) is 2.56. The molecule has 0 aliphatic heterocycles. The van der Waals surface area contributed by atoms with E-state index in [4.69, 9.17) is 4.74 Å². The zero-order valence-corrected chi connectivity index (χ0v) is 13.3. The van der Waals surface area contributed by atoms with E-state index in [0.717, 1.165) is 32.5 Å². The number of ether oxygens (including phenoxy) is 1. The zero-order valence-electron chi connectivity index (χ0n) is 11.7. The van der Waals surface area contributed by atoms with Gasteiger partial charge >= 0.3 is 0 Å². The molecular weight excluding hydrogens is 340 g/mol. The number of hydrogen-bond donors (Lipinski definition) is 0. The van der Waals surface area contributed by atoms with Crippen LogP contribution in [-0.2, 0) is 6.61 Å². The molecule has 3 nitrogen and oxygen atoms in total. The Balaban J connectivity index is 1.80. The van der Waals surface area contributed by atoms with Crippen molar-refractivity contribution < 1.29 is 4.74 Å². The molecule has 108 valence electrons. The van der Waals surface area contributed by atoms with Crippen LogP contribution >= 0.6 is 15.9 Å². The molecule has 0 aliphatic rings. The van der Waals surface area contributed by atoms with Gasteiger partial charge in [-0.3, -0.25) is 4.40 Å². The number of benzene rings is 2. The van der Waals surface area contributed by atoms with Crippen LogP contribution < -0.4 is 4.74 Å². The molecule has 0 amide bonds. The summed E-state index contributed by atoms with van der Waals surface area (Å²) in [5, 5.41) is 0. The second kappa shape index (κ2) is 5.46. The van der Waals surface area contributed by atoms with Gasteiger partial charge in [0.2, 0.25) is 0 Å². The molecule has 0 unspecified atom stereocenters. The summed E-state index contributed by atoms with van der Waals surface area (Å²) in [5.41, 5.74) is 3.99. The Morgan fingerprint density at radius 1 is 0.955 bits per heavy atom. The lowest BCUT2D eigenvalue weighted by atomic mass is 10.2. The molecule has 4 aromatic rings.